The van der Waals surface area contributed by atoms with Crippen LogP contribution >= 0.6 is 0 Å². The molecule has 7 heteroatoms. The molecular formula is C18H18FN3O3. The predicted octanol–water partition coefficient (Wildman–Crippen LogP) is 4.57. The lowest BCUT2D eigenvalue weighted by Gasteiger charge is -2.15. The van der Waals surface area contributed by atoms with Crippen molar-refractivity contribution in [1.29, 1.82) is 0 Å². The number of nitrogens with zero attached hydrogens (tertiary/aromatic N) is 1. The summed E-state index contributed by atoms with van der Waals surface area (Å²) < 4.78 is 24.4. The summed E-state index contributed by atoms with van der Waals surface area (Å²) in [5.41, 5.74) is 2.24. The van der Waals surface area contributed by atoms with Crippen molar-refractivity contribution < 1.29 is 18.1 Å². The summed E-state index contributed by atoms with van der Waals surface area (Å²) in [6.45, 7) is 5.38. The lowest BCUT2D eigenvalue weighted by molar-refractivity contribution is 0.249. The summed E-state index contributed by atoms with van der Waals surface area (Å²) in [5, 5.41) is 9.15. The highest BCUT2D eigenvalue weighted by Crippen LogP contribution is 2.26. The highest BCUT2D eigenvalue weighted by atomic mass is 19.1. The molecule has 25 heavy (non-hydrogen) atoms. The van der Waals surface area contributed by atoms with Gasteiger partial charge in [0.2, 0.25) is 0 Å². The van der Waals surface area contributed by atoms with Gasteiger partial charge < -0.3 is 19.6 Å². The van der Waals surface area contributed by atoms with Crippen molar-refractivity contribution in [1.82, 2.24) is 10.5 Å². The molecular weight excluding hydrogens is 325 g/mol. The average molecular weight is 343 g/mol. The first-order valence-corrected chi connectivity index (χ1v) is 7.79. The first kappa shape index (κ1) is 16.8. The predicted molar refractivity (Wildman–Crippen MR) is 90.6 cm³/mol. The highest BCUT2D eigenvalue weighted by molar-refractivity contribution is 5.90. The van der Waals surface area contributed by atoms with Gasteiger partial charge in [0.15, 0.2) is 0 Å². The first-order chi connectivity index (χ1) is 12.0. The highest BCUT2D eigenvalue weighted by Gasteiger charge is 2.19. The second kappa shape index (κ2) is 6.80. The molecule has 0 aliphatic rings. The van der Waals surface area contributed by atoms with Crippen molar-refractivity contribution in [2.24, 2.45) is 0 Å². The van der Waals surface area contributed by atoms with Gasteiger partial charge in [-0.25, -0.2) is 9.18 Å². The number of rotatable bonds is 4. The summed E-state index contributed by atoms with van der Waals surface area (Å²) in [5.74, 6) is 0.694. The van der Waals surface area contributed by atoms with E-state index in [4.69, 9.17) is 8.94 Å². The Labute approximate surface area is 144 Å². The third kappa shape index (κ3) is 3.55. The van der Waals surface area contributed by atoms with Crippen LogP contribution < -0.4 is 10.6 Å². The van der Waals surface area contributed by atoms with Crippen LogP contribution in [0.2, 0.25) is 0 Å². The molecule has 0 aliphatic heterocycles. The minimum atomic E-state index is -0.532. The van der Waals surface area contributed by atoms with Crippen molar-refractivity contribution in [2.45, 2.75) is 26.8 Å². The van der Waals surface area contributed by atoms with E-state index in [0.29, 0.717) is 22.8 Å². The van der Waals surface area contributed by atoms with Gasteiger partial charge in [-0.05, 0) is 51.1 Å². The SMILES string of the molecule is Cc1noc(C)c1C(C)NC(=O)Nc1cc(-c2ccco2)ccc1F. The molecule has 0 bridgehead atoms. The van der Waals surface area contributed by atoms with Crippen LogP contribution in [0.1, 0.15) is 30.0 Å². The van der Waals surface area contributed by atoms with Gasteiger partial charge in [-0.1, -0.05) is 5.16 Å². The van der Waals surface area contributed by atoms with Crippen LogP contribution in [0.15, 0.2) is 45.5 Å². The Morgan fingerprint density at radius 3 is 2.72 bits per heavy atom. The minimum absolute atomic E-state index is 0.0670. The monoisotopic (exact) mass is 343 g/mol. The van der Waals surface area contributed by atoms with E-state index >= 15 is 0 Å². The fraction of sp³-hybridized carbons (Fsp3) is 0.222. The number of hydrogen-bond donors (Lipinski definition) is 2. The van der Waals surface area contributed by atoms with Crippen molar-refractivity contribution in [3.63, 3.8) is 0 Å². The van der Waals surface area contributed by atoms with Crippen LogP contribution in [0.25, 0.3) is 11.3 Å². The van der Waals surface area contributed by atoms with E-state index in [-0.39, 0.29) is 11.7 Å². The minimum Gasteiger partial charge on any atom is -0.464 e. The molecule has 0 fully saturated rings. The zero-order chi connectivity index (χ0) is 18.0. The average Bonchev–Trinajstić information content (AvgIpc) is 3.19. The van der Waals surface area contributed by atoms with E-state index in [0.717, 1.165) is 5.56 Å². The van der Waals surface area contributed by atoms with Gasteiger partial charge in [-0.3, -0.25) is 0 Å². The molecule has 6 nitrogen and oxygen atoms in total. The lowest BCUT2D eigenvalue weighted by atomic mass is 10.1. The number of carbonyl (C=O) groups excluding carboxylic acids is 1. The van der Waals surface area contributed by atoms with Crippen LogP contribution in [-0.2, 0) is 0 Å². The summed E-state index contributed by atoms with van der Waals surface area (Å²) in [4.78, 5) is 12.2. The molecule has 3 aromatic rings. The smallest absolute Gasteiger partial charge is 0.319 e. The molecule has 0 saturated heterocycles. The van der Waals surface area contributed by atoms with Gasteiger partial charge in [0.1, 0.15) is 17.3 Å². The third-order valence-electron chi connectivity index (χ3n) is 3.89. The topological polar surface area (TPSA) is 80.3 Å². The zero-order valence-corrected chi connectivity index (χ0v) is 14.1. The summed E-state index contributed by atoms with van der Waals surface area (Å²) in [7, 11) is 0. The Morgan fingerprint density at radius 1 is 1.28 bits per heavy atom. The quantitative estimate of drug-likeness (QED) is 0.727. The molecule has 3 rings (SSSR count). The lowest BCUT2D eigenvalue weighted by Crippen LogP contribution is -2.31. The molecule has 0 radical (unpaired) electrons. The third-order valence-corrected chi connectivity index (χ3v) is 3.89. The Morgan fingerprint density at radius 2 is 2.08 bits per heavy atom. The second-order valence-electron chi connectivity index (χ2n) is 5.73. The Hall–Kier alpha value is -3.09. The molecule has 130 valence electrons. The maximum atomic E-state index is 14.0. The number of benzene rings is 1. The number of aromatic nitrogens is 1. The number of aryl methyl sites for hydroxylation is 2. The number of hydrogen-bond acceptors (Lipinski definition) is 4. The summed E-state index contributed by atoms with van der Waals surface area (Å²) in [6.07, 6.45) is 1.53. The normalized spacial score (nSPS) is 12.0. The molecule has 1 unspecified atom stereocenters. The molecule has 2 N–H and O–H groups in total. The van der Waals surface area contributed by atoms with Gasteiger partial charge in [0.25, 0.3) is 0 Å². The fourth-order valence-corrected chi connectivity index (χ4v) is 2.75. The van der Waals surface area contributed by atoms with Gasteiger partial charge in [0.05, 0.1) is 23.7 Å². The van der Waals surface area contributed by atoms with E-state index in [9.17, 15) is 9.18 Å². The summed E-state index contributed by atoms with van der Waals surface area (Å²) >= 11 is 0. The fourth-order valence-electron chi connectivity index (χ4n) is 2.75. The number of carbonyl (C=O) groups is 1. The first-order valence-electron chi connectivity index (χ1n) is 7.79. The zero-order valence-electron chi connectivity index (χ0n) is 14.1. The van der Waals surface area contributed by atoms with E-state index in [2.05, 4.69) is 15.8 Å². The molecule has 2 aromatic heterocycles. The number of amides is 2. The van der Waals surface area contributed by atoms with Gasteiger partial charge in [0, 0.05) is 11.1 Å². The van der Waals surface area contributed by atoms with Gasteiger partial charge >= 0.3 is 6.03 Å². The number of nitrogens with one attached hydrogen (secondary N) is 2. The summed E-state index contributed by atoms with van der Waals surface area (Å²) in [6, 6.07) is 7.04. The molecule has 2 heterocycles. The molecule has 1 aromatic carbocycles. The molecule has 1 atom stereocenters. The van der Waals surface area contributed by atoms with Crippen LogP contribution in [0, 0.1) is 19.7 Å². The maximum Gasteiger partial charge on any atom is 0.319 e. The van der Waals surface area contributed by atoms with Crippen LogP contribution in [0.5, 0.6) is 0 Å². The van der Waals surface area contributed by atoms with E-state index < -0.39 is 11.8 Å². The number of urea groups is 1. The standard InChI is InChI=1S/C18H18FN3O3/c1-10(17-11(2)22-25-12(17)3)20-18(23)21-15-9-13(6-7-14(15)19)16-5-4-8-24-16/h4-10H,1-3H3,(H2,20,21,23). The van der Waals surface area contributed by atoms with Crippen LogP contribution in [-0.4, -0.2) is 11.2 Å². The van der Waals surface area contributed by atoms with Crippen LogP contribution in [0.3, 0.4) is 0 Å². The number of halogens is 1. The second-order valence-corrected chi connectivity index (χ2v) is 5.73. The van der Waals surface area contributed by atoms with Crippen molar-refractivity contribution >= 4 is 11.7 Å². The Kier molecular flexibility index (Phi) is 4.56. The van der Waals surface area contributed by atoms with E-state index in [1.54, 1.807) is 32.0 Å². The maximum absolute atomic E-state index is 14.0. The van der Waals surface area contributed by atoms with Crippen molar-refractivity contribution in [3.8, 4) is 11.3 Å². The number of anilines is 1. The Balaban J connectivity index is 1.74. The van der Waals surface area contributed by atoms with Gasteiger partial charge in [-0.15, -0.1) is 0 Å². The van der Waals surface area contributed by atoms with E-state index in [1.165, 1.54) is 18.4 Å². The molecule has 2 amide bonds. The van der Waals surface area contributed by atoms with Gasteiger partial charge in [-0.2, -0.15) is 0 Å². The molecule has 0 spiro atoms. The molecule has 0 saturated carbocycles. The number of furan rings is 1. The van der Waals surface area contributed by atoms with Crippen molar-refractivity contribution in [3.05, 3.63) is 59.4 Å². The van der Waals surface area contributed by atoms with Crippen molar-refractivity contribution in [2.75, 3.05) is 5.32 Å². The Bertz CT molecular complexity index is 868. The van der Waals surface area contributed by atoms with E-state index in [1.807, 2.05) is 6.92 Å². The largest absolute Gasteiger partial charge is 0.464 e. The molecule has 0 aliphatic carbocycles. The van der Waals surface area contributed by atoms with Crippen LogP contribution in [0.4, 0.5) is 14.9 Å².